The smallest absolute Gasteiger partial charge is 0.318 e. The molecule has 7 nitrogen and oxygen atoms in total. The molecule has 0 aromatic rings. The summed E-state index contributed by atoms with van der Waals surface area (Å²) in [6, 6.07) is 0. The molecule has 0 saturated carbocycles. The van der Waals surface area contributed by atoms with E-state index in [-0.39, 0.29) is 13.0 Å². The number of ether oxygens (including phenoxy) is 2. The highest BCUT2D eigenvalue weighted by Crippen LogP contribution is 2.48. The summed E-state index contributed by atoms with van der Waals surface area (Å²) in [6.45, 7) is -0.0415. The topological polar surface area (TPSA) is 120 Å². The van der Waals surface area contributed by atoms with Gasteiger partial charge in [0.15, 0.2) is 11.7 Å². The summed E-state index contributed by atoms with van der Waals surface area (Å²) in [6.07, 6.45) is -2.18. The van der Waals surface area contributed by atoms with Crippen molar-refractivity contribution >= 4 is 0 Å². The van der Waals surface area contributed by atoms with Gasteiger partial charge in [-0.1, -0.05) is 0 Å². The van der Waals surface area contributed by atoms with E-state index in [9.17, 15) is 15.3 Å². The molecule has 0 amide bonds. The zero-order chi connectivity index (χ0) is 9.91. The molecule has 0 aromatic heterocycles. The molecule has 0 aromatic carbocycles. The second-order valence-electron chi connectivity index (χ2n) is 3.27. The van der Waals surface area contributed by atoms with Gasteiger partial charge in [-0.15, -0.1) is 0 Å². The largest absolute Gasteiger partial charge is 0.382 e. The standard InChI is InChI=1S/C6H10O7/c7-3-4(8)1-2-12-6(4,11)13-5(3,9)10/h3,7-11H,1-2H2. The number of fused-ring (bicyclic) bond motifs is 1. The van der Waals surface area contributed by atoms with Crippen LogP contribution in [0.5, 0.6) is 0 Å². The van der Waals surface area contributed by atoms with Crippen LogP contribution in [0.3, 0.4) is 0 Å². The average Bonchev–Trinajstić information content (AvgIpc) is 2.31. The molecule has 2 aliphatic heterocycles. The molecule has 2 rings (SSSR count). The highest BCUT2D eigenvalue weighted by molar-refractivity contribution is 5.06. The van der Waals surface area contributed by atoms with E-state index in [2.05, 4.69) is 9.47 Å². The summed E-state index contributed by atoms with van der Waals surface area (Å²) in [5, 5.41) is 46.2. The summed E-state index contributed by atoms with van der Waals surface area (Å²) in [7, 11) is 0. The van der Waals surface area contributed by atoms with E-state index in [1.807, 2.05) is 0 Å². The van der Waals surface area contributed by atoms with Crippen LogP contribution in [0.4, 0.5) is 0 Å². The quantitative estimate of drug-likeness (QED) is 0.258. The van der Waals surface area contributed by atoms with Crippen molar-refractivity contribution in [2.45, 2.75) is 30.1 Å². The summed E-state index contributed by atoms with van der Waals surface area (Å²) >= 11 is 0. The zero-order valence-electron chi connectivity index (χ0n) is 6.54. The van der Waals surface area contributed by atoms with Crippen LogP contribution in [0.25, 0.3) is 0 Å². The van der Waals surface area contributed by atoms with Crippen LogP contribution in [0, 0.1) is 0 Å². The number of rotatable bonds is 0. The van der Waals surface area contributed by atoms with Gasteiger partial charge in [0.05, 0.1) is 6.61 Å². The van der Waals surface area contributed by atoms with E-state index < -0.39 is 23.7 Å². The molecule has 3 unspecified atom stereocenters. The molecule has 7 heteroatoms. The Balaban J connectivity index is 2.41. The van der Waals surface area contributed by atoms with Crippen molar-refractivity contribution in [1.82, 2.24) is 0 Å². The molecule has 2 saturated heterocycles. The number of hydrogen-bond donors (Lipinski definition) is 5. The van der Waals surface area contributed by atoms with Crippen LogP contribution in [-0.4, -0.2) is 55.8 Å². The first-order valence-corrected chi connectivity index (χ1v) is 3.73. The molecule has 2 aliphatic rings. The van der Waals surface area contributed by atoms with Crippen molar-refractivity contribution < 1.29 is 35.0 Å². The Morgan fingerprint density at radius 3 is 2.31 bits per heavy atom. The third kappa shape index (κ3) is 0.919. The van der Waals surface area contributed by atoms with Gasteiger partial charge in [-0.25, -0.2) is 0 Å². The monoisotopic (exact) mass is 194 g/mol. The fraction of sp³-hybridized carbons (Fsp3) is 1.00. The lowest BCUT2D eigenvalue weighted by atomic mass is 9.94. The third-order valence-electron chi connectivity index (χ3n) is 2.43. The Kier molecular flexibility index (Phi) is 1.57. The Bertz CT molecular complexity index is 241. The fourth-order valence-electron chi connectivity index (χ4n) is 1.63. The summed E-state index contributed by atoms with van der Waals surface area (Å²) in [4.78, 5) is 0. The Morgan fingerprint density at radius 2 is 1.77 bits per heavy atom. The molecular formula is C6H10O7. The van der Waals surface area contributed by atoms with Crippen molar-refractivity contribution in [3.63, 3.8) is 0 Å². The molecule has 2 heterocycles. The van der Waals surface area contributed by atoms with Gasteiger partial charge in [0.1, 0.15) is 0 Å². The van der Waals surface area contributed by atoms with Crippen LogP contribution in [0.1, 0.15) is 6.42 Å². The first-order valence-electron chi connectivity index (χ1n) is 3.73. The maximum absolute atomic E-state index is 9.62. The molecule has 0 spiro atoms. The maximum atomic E-state index is 9.62. The first-order chi connectivity index (χ1) is 5.82. The van der Waals surface area contributed by atoms with Gasteiger partial charge in [-0.05, 0) is 0 Å². The predicted octanol–water partition coefficient (Wildman–Crippen LogP) is -3.19. The minimum atomic E-state index is -3.00. The molecule has 0 radical (unpaired) electrons. The molecule has 13 heavy (non-hydrogen) atoms. The fourth-order valence-corrected chi connectivity index (χ4v) is 1.63. The van der Waals surface area contributed by atoms with Gasteiger partial charge >= 0.3 is 11.9 Å². The van der Waals surface area contributed by atoms with E-state index in [0.717, 1.165) is 0 Å². The minimum absolute atomic E-state index is 0.0415. The van der Waals surface area contributed by atoms with Gasteiger partial charge in [-0.3, -0.25) is 4.74 Å². The van der Waals surface area contributed by atoms with Crippen LogP contribution >= 0.6 is 0 Å². The average molecular weight is 194 g/mol. The van der Waals surface area contributed by atoms with Crippen LogP contribution < -0.4 is 0 Å². The van der Waals surface area contributed by atoms with Crippen LogP contribution in [0.2, 0.25) is 0 Å². The summed E-state index contributed by atoms with van der Waals surface area (Å²) in [5.41, 5.74) is -2.20. The van der Waals surface area contributed by atoms with Crippen molar-refractivity contribution in [3.8, 4) is 0 Å². The molecular weight excluding hydrogens is 184 g/mol. The number of aliphatic hydroxyl groups is 5. The minimum Gasteiger partial charge on any atom is -0.382 e. The maximum Gasteiger partial charge on any atom is 0.318 e. The SMILES string of the molecule is OC1C(O)(O)OC2(O)OCCC12O. The highest BCUT2D eigenvalue weighted by atomic mass is 16.9. The third-order valence-corrected chi connectivity index (χ3v) is 2.43. The number of hydrogen-bond acceptors (Lipinski definition) is 7. The highest BCUT2D eigenvalue weighted by Gasteiger charge is 2.74. The van der Waals surface area contributed by atoms with E-state index >= 15 is 0 Å². The number of aliphatic hydroxyl groups excluding tert-OH is 1. The molecule has 76 valence electrons. The summed E-state index contributed by atoms with van der Waals surface area (Å²) < 4.78 is 8.80. The molecule has 2 fully saturated rings. The Morgan fingerprint density at radius 1 is 1.15 bits per heavy atom. The van der Waals surface area contributed by atoms with E-state index in [1.54, 1.807) is 0 Å². The van der Waals surface area contributed by atoms with Gasteiger partial charge in [0.25, 0.3) is 0 Å². The van der Waals surface area contributed by atoms with Gasteiger partial charge in [0.2, 0.25) is 0 Å². The van der Waals surface area contributed by atoms with Crippen LogP contribution in [0.15, 0.2) is 0 Å². The van der Waals surface area contributed by atoms with E-state index in [1.165, 1.54) is 0 Å². The second-order valence-corrected chi connectivity index (χ2v) is 3.27. The molecule has 0 aliphatic carbocycles. The Labute approximate surface area is 72.8 Å². The van der Waals surface area contributed by atoms with Crippen molar-refractivity contribution in [2.75, 3.05) is 6.61 Å². The lowest BCUT2D eigenvalue weighted by Gasteiger charge is -2.27. The Hall–Kier alpha value is -0.280. The van der Waals surface area contributed by atoms with Gasteiger partial charge < -0.3 is 30.3 Å². The lowest BCUT2D eigenvalue weighted by Crippen LogP contribution is -2.54. The van der Waals surface area contributed by atoms with Crippen molar-refractivity contribution in [1.29, 1.82) is 0 Å². The van der Waals surface area contributed by atoms with E-state index in [4.69, 9.17) is 10.2 Å². The van der Waals surface area contributed by atoms with Gasteiger partial charge in [0, 0.05) is 6.42 Å². The molecule has 3 atom stereocenters. The van der Waals surface area contributed by atoms with Crippen molar-refractivity contribution in [3.05, 3.63) is 0 Å². The second kappa shape index (κ2) is 2.20. The predicted molar refractivity (Wildman–Crippen MR) is 34.7 cm³/mol. The molecule has 0 bridgehead atoms. The van der Waals surface area contributed by atoms with Crippen LogP contribution in [-0.2, 0) is 9.47 Å². The normalized spacial score (nSPS) is 53.8. The van der Waals surface area contributed by atoms with E-state index in [0.29, 0.717) is 0 Å². The first kappa shape index (κ1) is 9.28. The summed E-state index contributed by atoms with van der Waals surface area (Å²) in [5.74, 6) is -5.54. The lowest BCUT2D eigenvalue weighted by molar-refractivity contribution is -0.449. The zero-order valence-corrected chi connectivity index (χ0v) is 6.54. The van der Waals surface area contributed by atoms with Crippen molar-refractivity contribution in [2.24, 2.45) is 0 Å². The van der Waals surface area contributed by atoms with Gasteiger partial charge in [-0.2, -0.15) is 0 Å². The molecule has 5 N–H and O–H groups in total.